The third kappa shape index (κ3) is 5.78. The van der Waals surface area contributed by atoms with E-state index in [2.05, 4.69) is 9.97 Å². The van der Waals surface area contributed by atoms with Crippen LogP contribution < -0.4 is 4.74 Å². The maximum absolute atomic E-state index is 15.4. The van der Waals surface area contributed by atoms with Crippen LogP contribution in [0.4, 0.5) is 13.2 Å². The Labute approximate surface area is 243 Å². The normalized spacial score (nSPS) is 14.3. The van der Waals surface area contributed by atoms with Crippen molar-refractivity contribution in [1.29, 1.82) is 5.26 Å². The van der Waals surface area contributed by atoms with Gasteiger partial charge in [0.05, 0.1) is 40.9 Å². The molecule has 43 heavy (non-hydrogen) atoms. The van der Waals surface area contributed by atoms with Crippen molar-refractivity contribution in [2.24, 2.45) is 0 Å². The molecular weight excluding hydrogens is 561 g/mol. The van der Waals surface area contributed by atoms with E-state index >= 15 is 4.39 Å². The number of rotatable bonds is 9. The summed E-state index contributed by atoms with van der Waals surface area (Å²) in [6, 6.07) is 17.1. The zero-order valence-corrected chi connectivity index (χ0v) is 22.6. The molecule has 1 unspecified atom stereocenters. The summed E-state index contributed by atoms with van der Waals surface area (Å²) in [6.07, 6.45) is 0.907. The fourth-order valence-electron chi connectivity index (χ4n) is 4.88. The number of nitriles is 1. The van der Waals surface area contributed by atoms with Gasteiger partial charge in [-0.3, -0.25) is 0 Å². The molecule has 216 valence electrons. The zero-order chi connectivity index (χ0) is 30.1. The van der Waals surface area contributed by atoms with E-state index in [9.17, 15) is 18.7 Å². The third-order valence-electron chi connectivity index (χ3n) is 7.31. The number of fused-ring (bicyclic) bond motifs is 1. The highest BCUT2D eigenvalue weighted by Gasteiger charge is 2.23. The van der Waals surface area contributed by atoms with Crippen LogP contribution in [0.2, 0.25) is 0 Å². The van der Waals surface area contributed by atoms with Crippen molar-refractivity contribution in [3.05, 3.63) is 112 Å². The summed E-state index contributed by atoms with van der Waals surface area (Å²) in [4.78, 5) is 20.4. The molecule has 1 aliphatic rings. The lowest BCUT2D eigenvalue weighted by molar-refractivity contribution is -0.0589. The number of carboxylic acid groups (broad SMARTS) is 1. The second kappa shape index (κ2) is 11.6. The SMILES string of the molecule is N#Cc1ccc(COc2ccc(F)c(-c3ccc(Cc4nc5ccc(C(=O)O)cc5n4CC4CCO4)c(F)c3)n2)c(F)c1. The highest BCUT2D eigenvalue weighted by Crippen LogP contribution is 2.28. The number of hydrogen-bond donors (Lipinski definition) is 1. The molecule has 1 fully saturated rings. The molecule has 1 aliphatic heterocycles. The van der Waals surface area contributed by atoms with Gasteiger partial charge in [0.25, 0.3) is 0 Å². The molecule has 2 aromatic heterocycles. The average Bonchev–Trinajstić information content (AvgIpc) is 3.31. The van der Waals surface area contributed by atoms with Crippen molar-refractivity contribution >= 4 is 17.0 Å². The predicted molar refractivity (Wildman–Crippen MR) is 149 cm³/mol. The highest BCUT2D eigenvalue weighted by molar-refractivity contribution is 5.92. The molecule has 0 bridgehead atoms. The molecule has 0 aliphatic carbocycles. The minimum absolute atomic E-state index is 0.0114. The van der Waals surface area contributed by atoms with Crippen molar-refractivity contribution < 1.29 is 32.5 Å². The van der Waals surface area contributed by atoms with Gasteiger partial charge in [0.1, 0.15) is 35.6 Å². The molecule has 1 N–H and O–H groups in total. The van der Waals surface area contributed by atoms with E-state index in [1.807, 2.05) is 10.6 Å². The van der Waals surface area contributed by atoms with E-state index in [0.29, 0.717) is 35.6 Å². The number of pyridine rings is 1. The van der Waals surface area contributed by atoms with Crippen LogP contribution in [-0.2, 0) is 24.3 Å². The lowest BCUT2D eigenvalue weighted by Gasteiger charge is -2.27. The number of nitrogens with zero attached hydrogens (tertiary/aromatic N) is 4. The van der Waals surface area contributed by atoms with Crippen LogP contribution in [-0.4, -0.2) is 38.3 Å². The number of carbonyl (C=O) groups is 1. The summed E-state index contributed by atoms with van der Waals surface area (Å²) in [5.41, 5.74) is 2.02. The van der Waals surface area contributed by atoms with Gasteiger partial charge in [0, 0.05) is 30.2 Å². The van der Waals surface area contributed by atoms with E-state index in [1.165, 1.54) is 36.4 Å². The molecule has 3 aromatic carbocycles. The van der Waals surface area contributed by atoms with Gasteiger partial charge in [-0.2, -0.15) is 5.26 Å². The number of carboxylic acids is 1. The van der Waals surface area contributed by atoms with Crippen molar-refractivity contribution in [2.75, 3.05) is 6.61 Å². The Hall–Kier alpha value is -5.21. The second-order valence-corrected chi connectivity index (χ2v) is 10.1. The molecular formula is C32H23F3N4O4. The number of imidazole rings is 1. The third-order valence-corrected chi connectivity index (χ3v) is 7.31. The second-order valence-electron chi connectivity index (χ2n) is 10.1. The highest BCUT2D eigenvalue weighted by atomic mass is 19.1. The van der Waals surface area contributed by atoms with E-state index in [-0.39, 0.29) is 53.0 Å². The van der Waals surface area contributed by atoms with Crippen molar-refractivity contribution in [2.45, 2.75) is 32.1 Å². The van der Waals surface area contributed by atoms with Crippen LogP contribution in [0.1, 0.15) is 39.3 Å². The first-order chi connectivity index (χ1) is 20.8. The standard InChI is InChI=1S/C32H23F3N4O4/c33-24-6-8-30(43-17-22-2-1-18(15-36)11-25(22)34)38-31(24)20-4-3-19(26(35)12-20)14-29-37-27-7-5-21(32(40)41)13-28(27)39(29)16-23-9-10-42-23/h1-8,11-13,23H,9-10,14,16-17H2,(H,40,41). The Morgan fingerprint density at radius 2 is 1.79 bits per heavy atom. The maximum atomic E-state index is 15.4. The molecule has 5 aromatic rings. The lowest BCUT2D eigenvalue weighted by atomic mass is 10.0. The van der Waals surface area contributed by atoms with Gasteiger partial charge in [-0.25, -0.2) is 27.9 Å². The predicted octanol–water partition coefficient (Wildman–Crippen LogP) is 6.04. The fourth-order valence-corrected chi connectivity index (χ4v) is 4.88. The molecule has 0 saturated carbocycles. The topological polar surface area (TPSA) is 110 Å². The van der Waals surface area contributed by atoms with Gasteiger partial charge in [0.2, 0.25) is 5.88 Å². The number of hydrogen-bond acceptors (Lipinski definition) is 6. The molecule has 8 nitrogen and oxygen atoms in total. The Kier molecular flexibility index (Phi) is 7.52. The Morgan fingerprint density at radius 1 is 1.00 bits per heavy atom. The molecule has 1 saturated heterocycles. The largest absolute Gasteiger partial charge is 0.478 e. The average molecular weight is 585 g/mol. The summed E-state index contributed by atoms with van der Waals surface area (Å²) < 4.78 is 57.4. The van der Waals surface area contributed by atoms with Crippen LogP contribution in [0.3, 0.4) is 0 Å². The van der Waals surface area contributed by atoms with Gasteiger partial charge >= 0.3 is 5.97 Å². The number of aromatic nitrogens is 3. The Bertz CT molecular complexity index is 1910. The van der Waals surface area contributed by atoms with Gasteiger partial charge in [0.15, 0.2) is 0 Å². The Morgan fingerprint density at radius 3 is 2.49 bits per heavy atom. The summed E-state index contributed by atoms with van der Waals surface area (Å²) in [5.74, 6) is -2.42. The van der Waals surface area contributed by atoms with Gasteiger partial charge < -0.3 is 19.1 Å². The summed E-state index contributed by atoms with van der Waals surface area (Å²) >= 11 is 0. The summed E-state index contributed by atoms with van der Waals surface area (Å²) in [6.45, 7) is 0.888. The minimum Gasteiger partial charge on any atom is -0.478 e. The van der Waals surface area contributed by atoms with Crippen molar-refractivity contribution in [1.82, 2.24) is 14.5 Å². The Balaban J connectivity index is 1.25. The smallest absolute Gasteiger partial charge is 0.335 e. The first-order valence-electron chi connectivity index (χ1n) is 13.4. The van der Waals surface area contributed by atoms with Crippen LogP contribution >= 0.6 is 0 Å². The quantitative estimate of drug-likeness (QED) is 0.225. The van der Waals surface area contributed by atoms with E-state index < -0.39 is 23.4 Å². The first-order valence-corrected chi connectivity index (χ1v) is 13.4. The van der Waals surface area contributed by atoms with Crippen LogP contribution in [0.25, 0.3) is 22.3 Å². The lowest BCUT2D eigenvalue weighted by Crippen LogP contribution is -2.31. The van der Waals surface area contributed by atoms with Gasteiger partial charge in [-0.05, 0) is 54.4 Å². The number of halogens is 3. The van der Waals surface area contributed by atoms with E-state index in [1.54, 1.807) is 18.2 Å². The first kappa shape index (κ1) is 27.9. The molecule has 0 radical (unpaired) electrons. The molecule has 0 amide bonds. The van der Waals surface area contributed by atoms with Crippen molar-refractivity contribution in [3.63, 3.8) is 0 Å². The van der Waals surface area contributed by atoms with E-state index in [4.69, 9.17) is 14.7 Å². The van der Waals surface area contributed by atoms with Crippen LogP contribution in [0.15, 0.2) is 66.7 Å². The van der Waals surface area contributed by atoms with Gasteiger partial charge in [-0.1, -0.05) is 18.2 Å². The van der Waals surface area contributed by atoms with Crippen LogP contribution in [0.5, 0.6) is 5.88 Å². The van der Waals surface area contributed by atoms with Crippen LogP contribution in [0, 0.1) is 28.8 Å². The minimum atomic E-state index is -1.06. The summed E-state index contributed by atoms with van der Waals surface area (Å²) in [7, 11) is 0. The monoisotopic (exact) mass is 584 g/mol. The molecule has 6 rings (SSSR count). The molecule has 3 heterocycles. The van der Waals surface area contributed by atoms with Crippen molar-refractivity contribution in [3.8, 4) is 23.2 Å². The fraction of sp³-hybridized carbons (Fsp3) is 0.188. The number of ether oxygens (including phenoxy) is 2. The molecule has 0 spiro atoms. The van der Waals surface area contributed by atoms with E-state index in [0.717, 1.165) is 18.6 Å². The van der Waals surface area contributed by atoms with Gasteiger partial charge in [-0.15, -0.1) is 0 Å². The number of aromatic carboxylic acids is 1. The zero-order valence-electron chi connectivity index (χ0n) is 22.6. The number of benzene rings is 3. The molecule has 1 atom stereocenters. The maximum Gasteiger partial charge on any atom is 0.335 e. The summed E-state index contributed by atoms with van der Waals surface area (Å²) in [5, 5.41) is 18.4. The molecule has 11 heteroatoms.